The Bertz CT molecular complexity index is 719. The van der Waals surface area contributed by atoms with Crippen molar-refractivity contribution in [2.75, 3.05) is 37.3 Å². The van der Waals surface area contributed by atoms with Crippen molar-refractivity contribution in [3.63, 3.8) is 0 Å². The third-order valence-electron chi connectivity index (χ3n) is 5.59. The van der Waals surface area contributed by atoms with Crippen molar-refractivity contribution >= 4 is 35.0 Å². The molecule has 0 aromatic heterocycles. The van der Waals surface area contributed by atoms with E-state index in [0.717, 1.165) is 31.9 Å². The van der Waals surface area contributed by atoms with Crippen LogP contribution in [0.2, 0.25) is 0 Å². The van der Waals surface area contributed by atoms with Gasteiger partial charge in [-0.3, -0.25) is 4.79 Å². The number of para-hydroxylation sites is 1. The number of anilines is 1. The van der Waals surface area contributed by atoms with Crippen molar-refractivity contribution < 1.29 is 24.9 Å². The number of aliphatic hydroxyl groups is 3. The summed E-state index contributed by atoms with van der Waals surface area (Å²) in [6, 6.07) is 6.58. The monoisotopic (exact) mass is 459 g/mol. The standard InChI is InChI=1S/C20H30ClN3O5S/c1-11(21)14(18-16(26)15(25)17(27)20(29-18)30-2)23-19(28)12-5-3-4-6-13(12)24-9-7-22-8-10-24/h3-6,11,14-18,20,22,25-27H,7-10H2,1-2H3,(H,23,28)/t11-,14-,15-,16+,17+,18?,20+/m0/s1. The van der Waals surface area contributed by atoms with Gasteiger partial charge in [-0.1, -0.05) is 12.1 Å². The van der Waals surface area contributed by atoms with Crippen molar-refractivity contribution in [3.8, 4) is 0 Å². The lowest BCUT2D eigenvalue weighted by Crippen LogP contribution is -2.64. The van der Waals surface area contributed by atoms with Crippen LogP contribution in [0.4, 0.5) is 5.69 Å². The number of nitrogens with zero attached hydrogens (tertiary/aromatic N) is 1. The van der Waals surface area contributed by atoms with Crippen LogP contribution in [0.3, 0.4) is 0 Å². The van der Waals surface area contributed by atoms with Crippen molar-refractivity contribution in [3.05, 3.63) is 29.8 Å². The van der Waals surface area contributed by atoms with Gasteiger partial charge in [0.2, 0.25) is 0 Å². The number of hydrogen-bond acceptors (Lipinski definition) is 8. The maximum atomic E-state index is 13.2. The molecule has 10 heteroatoms. The number of carbonyl (C=O) groups excluding carboxylic acids is 1. The highest BCUT2D eigenvalue weighted by molar-refractivity contribution is 7.99. The lowest BCUT2D eigenvalue weighted by Gasteiger charge is -2.43. The molecule has 1 aromatic carbocycles. The number of alkyl halides is 1. The summed E-state index contributed by atoms with van der Waals surface area (Å²) in [5, 5.41) is 36.5. The quantitative estimate of drug-likeness (QED) is 0.377. The van der Waals surface area contributed by atoms with Crippen LogP contribution in [0.15, 0.2) is 24.3 Å². The molecule has 2 aliphatic heterocycles. The Kier molecular flexibility index (Phi) is 8.25. The molecule has 2 fully saturated rings. The molecule has 1 amide bonds. The predicted octanol–water partition coefficient (Wildman–Crippen LogP) is -0.00750. The highest BCUT2D eigenvalue weighted by Gasteiger charge is 2.47. The minimum Gasteiger partial charge on any atom is -0.388 e. The summed E-state index contributed by atoms with van der Waals surface area (Å²) in [4.78, 5) is 15.4. The number of benzene rings is 1. The Balaban J connectivity index is 1.81. The first kappa shape index (κ1) is 23.6. The molecule has 1 unspecified atom stereocenters. The summed E-state index contributed by atoms with van der Waals surface area (Å²) < 4.78 is 5.82. The van der Waals surface area contributed by atoms with Crippen LogP contribution in [0.1, 0.15) is 17.3 Å². The van der Waals surface area contributed by atoms with Crippen molar-refractivity contribution in [1.29, 1.82) is 0 Å². The molecule has 8 nitrogen and oxygen atoms in total. The molecule has 2 saturated heterocycles. The lowest BCUT2D eigenvalue weighted by atomic mass is 9.93. The van der Waals surface area contributed by atoms with Crippen LogP contribution in [-0.4, -0.2) is 94.9 Å². The second-order valence-electron chi connectivity index (χ2n) is 7.61. The number of nitrogens with one attached hydrogen (secondary N) is 2. The highest BCUT2D eigenvalue weighted by atomic mass is 35.5. The lowest BCUT2D eigenvalue weighted by molar-refractivity contribution is -0.204. The van der Waals surface area contributed by atoms with Gasteiger partial charge in [-0.15, -0.1) is 23.4 Å². The second kappa shape index (κ2) is 10.5. The summed E-state index contributed by atoms with van der Waals surface area (Å²) in [5.74, 6) is -0.334. The van der Waals surface area contributed by atoms with E-state index in [1.54, 1.807) is 25.3 Å². The van der Waals surface area contributed by atoms with E-state index in [1.165, 1.54) is 11.8 Å². The fourth-order valence-electron chi connectivity index (χ4n) is 3.90. The predicted molar refractivity (Wildman–Crippen MR) is 118 cm³/mol. The molecule has 30 heavy (non-hydrogen) atoms. The van der Waals surface area contributed by atoms with E-state index < -0.39 is 41.3 Å². The smallest absolute Gasteiger partial charge is 0.253 e. The summed E-state index contributed by atoms with van der Waals surface area (Å²) >= 11 is 7.58. The number of thioether (sulfide) groups is 1. The molecule has 5 N–H and O–H groups in total. The largest absolute Gasteiger partial charge is 0.388 e. The minimum atomic E-state index is -1.40. The van der Waals surface area contributed by atoms with E-state index in [2.05, 4.69) is 15.5 Å². The topological polar surface area (TPSA) is 114 Å². The molecule has 0 radical (unpaired) electrons. The molecule has 7 atom stereocenters. The first-order valence-corrected chi connectivity index (χ1v) is 11.8. The Morgan fingerprint density at radius 1 is 1.23 bits per heavy atom. The molecule has 1 aromatic rings. The average Bonchev–Trinajstić information content (AvgIpc) is 2.77. The van der Waals surface area contributed by atoms with Crippen LogP contribution in [0, 0.1) is 0 Å². The molecule has 2 aliphatic rings. The van der Waals surface area contributed by atoms with Gasteiger partial charge in [0.05, 0.1) is 17.0 Å². The highest BCUT2D eigenvalue weighted by Crippen LogP contribution is 2.30. The molecule has 3 rings (SSSR count). The average molecular weight is 460 g/mol. The van der Waals surface area contributed by atoms with Crippen LogP contribution < -0.4 is 15.5 Å². The van der Waals surface area contributed by atoms with E-state index in [9.17, 15) is 20.1 Å². The van der Waals surface area contributed by atoms with Crippen LogP contribution in [-0.2, 0) is 4.74 Å². The van der Waals surface area contributed by atoms with Crippen LogP contribution in [0.5, 0.6) is 0 Å². The summed E-state index contributed by atoms with van der Waals surface area (Å²) in [6.45, 7) is 4.97. The number of halogens is 1. The molecule has 0 saturated carbocycles. The summed E-state index contributed by atoms with van der Waals surface area (Å²) in [6.07, 6.45) is -3.26. The normalized spacial score (nSPS) is 31.8. The summed E-state index contributed by atoms with van der Waals surface area (Å²) in [5.41, 5.74) is 0.602. The number of ether oxygens (including phenoxy) is 1. The zero-order valence-electron chi connectivity index (χ0n) is 17.1. The number of piperazine rings is 1. The van der Waals surface area contributed by atoms with Crippen LogP contribution in [0.25, 0.3) is 0 Å². The van der Waals surface area contributed by atoms with Crippen LogP contribution >= 0.6 is 23.4 Å². The Morgan fingerprint density at radius 2 is 1.90 bits per heavy atom. The molecule has 0 aliphatic carbocycles. The summed E-state index contributed by atoms with van der Waals surface area (Å²) in [7, 11) is 0. The number of aliphatic hydroxyl groups excluding tert-OH is 3. The zero-order valence-corrected chi connectivity index (χ0v) is 18.6. The fourth-order valence-corrected chi connectivity index (χ4v) is 4.79. The van der Waals surface area contributed by atoms with Gasteiger partial charge in [-0.05, 0) is 25.3 Å². The Labute approximate surface area is 185 Å². The van der Waals surface area contributed by atoms with Crippen molar-refractivity contribution in [1.82, 2.24) is 10.6 Å². The van der Waals surface area contributed by atoms with Gasteiger partial charge in [0.25, 0.3) is 5.91 Å². The molecule has 168 valence electrons. The molecular formula is C20H30ClN3O5S. The van der Waals surface area contributed by atoms with E-state index in [-0.39, 0.29) is 5.91 Å². The van der Waals surface area contributed by atoms with Gasteiger partial charge in [0.1, 0.15) is 29.9 Å². The maximum absolute atomic E-state index is 13.2. The van der Waals surface area contributed by atoms with Gasteiger partial charge in [-0.2, -0.15) is 0 Å². The minimum absolute atomic E-state index is 0.334. The van der Waals surface area contributed by atoms with E-state index in [4.69, 9.17) is 16.3 Å². The Morgan fingerprint density at radius 3 is 2.53 bits per heavy atom. The fraction of sp³-hybridized carbons (Fsp3) is 0.650. The third kappa shape index (κ3) is 5.04. The van der Waals surface area contributed by atoms with Gasteiger partial charge < -0.3 is 35.6 Å². The molecule has 0 bridgehead atoms. The molecular weight excluding hydrogens is 430 g/mol. The third-order valence-corrected chi connectivity index (χ3v) is 6.72. The Hall–Kier alpha value is -1.07. The zero-order chi connectivity index (χ0) is 21.8. The van der Waals surface area contributed by atoms with Crippen molar-refractivity contribution in [2.45, 2.75) is 48.2 Å². The number of amides is 1. The van der Waals surface area contributed by atoms with E-state index >= 15 is 0 Å². The number of hydrogen-bond donors (Lipinski definition) is 5. The molecule has 2 heterocycles. The van der Waals surface area contributed by atoms with Gasteiger partial charge in [0, 0.05) is 31.9 Å². The van der Waals surface area contributed by atoms with Crippen molar-refractivity contribution in [2.24, 2.45) is 0 Å². The number of rotatable bonds is 6. The number of carbonyl (C=O) groups is 1. The van der Waals surface area contributed by atoms with Gasteiger partial charge in [-0.25, -0.2) is 0 Å². The second-order valence-corrected chi connectivity index (χ2v) is 9.23. The van der Waals surface area contributed by atoms with Gasteiger partial charge in [0.15, 0.2) is 0 Å². The maximum Gasteiger partial charge on any atom is 0.253 e. The molecule has 0 spiro atoms. The first-order valence-electron chi connectivity index (χ1n) is 10.1. The van der Waals surface area contributed by atoms with E-state index in [1.807, 2.05) is 12.1 Å². The SMILES string of the molecule is CS[C@H]1OC([C@@H](NC(=O)c2ccccc2N2CCNCC2)[C@H](C)Cl)[C@H](O)[C@H](O)[C@H]1O. The van der Waals surface area contributed by atoms with Gasteiger partial charge >= 0.3 is 0 Å². The van der Waals surface area contributed by atoms with E-state index in [0.29, 0.717) is 5.56 Å². The first-order chi connectivity index (χ1) is 14.3.